The summed E-state index contributed by atoms with van der Waals surface area (Å²) in [6, 6.07) is 13.1. The number of fused-ring (bicyclic) bond motifs is 2. The minimum Gasteiger partial charge on any atom is -0.494 e. The lowest BCUT2D eigenvalue weighted by Gasteiger charge is -2.30. The van der Waals surface area contributed by atoms with Crippen LogP contribution >= 0.6 is 0 Å². The van der Waals surface area contributed by atoms with Crippen molar-refractivity contribution in [3.63, 3.8) is 0 Å². The first-order chi connectivity index (χ1) is 17.0. The van der Waals surface area contributed by atoms with Crippen molar-refractivity contribution in [2.45, 2.75) is 12.5 Å². The van der Waals surface area contributed by atoms with Gasteiger partial charge in [0.1, 0.15) is 11.9 Å². The number of ether oxygens (including phenoxy) is 2. The third-order valence-electron chi connectivity index (χ3n) is 7.57. The molecule has 8 heteroatoms. The molecule has 35 heavy (non-hydrogen) atoms. The molecule has 2 aromatic carbocycles. The van der Waals surface area contributed by atoms with Gasteiger partial charge in [0, 0.05) is 62.5 Å². The minimum absolute atomic E-state index is 0.0269. The molecule has 0 saturated carbocycles. The van der Waals surface area contributed by atoms with Crippen molar-refractivity contribution in [3.05, 3.63) is 48.3 Å². The highest BCUT2D eigenvalue weighted by atomic mass is 19.1. The van der Waals surface area contributed by atoms with Gasteiger partial charge in [-0.05, 0) is 48.7 Å². The summed E-state index contributed by atoms with van der Waals surface area (Å²) in [7, 11) is 3.33. The van der Waals surface area contributed by atoms with Gasteiger partial charge in [0.2, 0.25) is 5.91 Å². The van der Waals surface area contributed by atoms with E-state index in [0.29, 0.717) is 18.0 Å². The predicted octanol–water partition coefficient (Wildman–Crippen LogP) is 3.31. The lowest BCUT2D eigenvalue weighted by atomic mass is 9.88. The number of methoxy groups -OCH3 is 1. The third-order valence-corrected chi connectivity index (χ3v) is 7.57. The van der Waals surface area contributed by atoms with E-state index >= 15 is 0 Å². The number of amides is 1. The van der Waals surface area contributed by atoms with Crippen LogP contribution in [0, 0.1) is 17.7 Å². The molecule has 4 heterocycles. The maximum absolute atomic E-state index is 14.8. The molecule has 0 radical (unpaired) electrons. The molecule has 3 aliphatic rings. The first-order valence-corrected chi connectivity index (χ1v) is 12.2. The van der Waals surface area contributed by atoms with Crippen molar-refractivity contribution in [1.29, 1.82) is 0 Å². The SMILES string of the molecule is COc1cc2nc(-c3ccc(OC4CNC4)cc3)cc(N3CC4CCN(C)C(=O)C4C3)c2cc1F. The van der Waals surface area contributed by atoms with Gasteiger partial charge in [-0.2, -0.15) is 0 Å². The van der Waals surface area contributed by atoms with Gasteiger partial charge in [0.15, 0.2) is 11.6 Å². The zero-order chi connectivity index (χ0) is 24.1. The maximum atomic E-state index is 14.8. The lowest BCUT2D eigenvalue weighted by molar-refractivity contribution is -0.137. The largest absolute Gasteiger partial charge is 0.494 e. The summed E-state index contributed by atoms with van der Waals surface area (Å²) in [5, 5.41) is 3.93. The molecule has 182 valence electrons. The summed E-state index contributed by atoms with van der Waals surface area (Å²) < 4.78 is 25.9. The summed E-state index contributed by atoms with van der Waals surface area (Å²) in [6.07, 6.45) is 1.20. The van der Waals surface area contributed by atoms with E-state index in [1.807, 2.05) is 42.3 Å². The predicted molar refractivity (Wildman–Crippen MR) is 132 cm³/mol. The van der Waals surface area contributed by atoms with E-state index < -0.39 is 5.82 Å². The van der Waals surface area contributed by atoms with Crippen molar-refractivity contribution in [2.75, 3.05) is 51.8 Å². The zero-order valence-electron chi connectivity index (χ0n) is 20.0. The van der Waals surface area contributed by atoms with E-state index in [1.54, 1.807) is 6.07 Å². The van der Waals surface area contributed by atoms with Crippen LogP contribution < -0.4 is 19.7 Å². The Hall–Kier alpha value is -3.39. The number of likely N-dealkylation sites (tertiary alicyclic amines) is 1. The number of hydrogen-bond donors (Lipinski definition) is 1. The Morgan fingerprint density at radius 2 is 1.91 bits per heavy atom. The molecular formula is C27H29FN4O3. The van der Waals surface area contributed by atoms with Crippen LogP contribution in [0.15, 0.2) is 42.5 Å². The number of halogens is 1. The number of rotatable bonds is 5. The summed E-state index contributed by atoms with van der Waals surface area (Å²) in [4.78, 5) is 21.7. The van der Waals surface area contributed by atoms with Gasteiger partial charge < -0.3 is 24.6 Å². The molecule has 1 amide bonds. The number of nitrogens with one attached hydrogen (secondary N) is 1. The Morgan fingerprint density at radius 3 is 2.63 bits per heavy atom. The van der Waals surface area contributed by atoms with E-state index in [4.69, 9.17) is 14.5 Å². The number of benzene rings is 2. The van der Waals surface area contributed by atoms with Crippen LogP contribution in [0.1, 0.15) is 6.42 Å². The number of hydrogen-bond acceptors (Lipinski definition) is 6. The van der Waals surface area contributed by atoms with Crippen molar-refractivity contribution < 1.29 is 18.7 Å². The molecule has 3 aliphatic heterocycles. The van der Waals surface area contributed by atoms with Gasteiger partial charge in [-0.1, -0.05) is 0 Å². The van der Waals surface area contributed by atoms with E-state index in [2.05, 4.69) is 10.2 Å². The van der Waals surface area contributed by atoms with Gasteiger partial charge in [-0.25, -0.2) is 9.37 Å². The molecule has 7 nitrogen and oxygen atoms in total. The van der Waals surface area contributed by atoms with Crippen LogP contribution in [0.2, 0.25) is 0 Å². The number of aromatic nitrogens is 1. The van der Waals surface area contributed by atoms with Crippen LogP contribution in [0.25, 0.3) is 22.2 Å². The molecule has 0 bridgehead atoms. The van der Waals surface area contributed by atoms with E-state index in [1.165, 1.54) is 13.2 Å². The van der Waals surface area contributed by atoms with Crippen molar-refractivity contribution in [1.82, 2.24) is 15.2 Å². The van der Waals surface area contributed by atoms with Crippen molar-refractivity contribution in [2.24, 2.45) is 11.8 Å². The van der Waals surface area contributed by atoms with Gasteiger partial charge in [-0.15, -0.1) is 0 Å². The van der Waals surface area contributed by atoms with Crippen LogP contribution in [0.5, 0.6) is 11.5 Å². The summed E-state index contributed by atoms with van der Waals surface area (Å²) in [6.45, 7) is 3.92. The van der Waals surface area contributed by atoms with Crippen LogP contribution in [0.3, 0.4) is 0 Å². The second-order valence-corrected chi connectivity index (χ2v) is 9.77. The monoisotopic (exact) mass is 476 g/mol. The lowest BCUT2D eigenvalue weighted by Crippen LogP contribution is -2.50. The van der Waals surface area contributed by atoms with Crippen LogP contribution in [-0.4, -0.2) is 68.8 Å². The first-order valence-electron chi connectivity index (χ1n) is 12.2. The summed E-state index contributed by atoms with van der Waals surface area (Å²) in [5.74, 6) is 1.06. The van der Waals surface area contributed by atoms with Gasteiger partial charge >= 0.3 is 0 Å². The molecule has 1 aromatic heterocycles. The number of piperidine rings is 1. The summed E-state index contributed by atoms with van der Waals surface area (Å²) >= 11 is 0. The molecule has 2 atom stereocenters. The third kappa shape index (κ3) is 3.95. The minimum atomic E-state index is -0.421. The number of carbonyl (C=O) groups excluding carboxylic acids is 1. The fourth-order valence-electron chi connectivity index (χ4n) is 5.41. The number of carbonyl (C=O) groups is 1. The Labute approximate surface area is 203 Å². The van der Waals surface area contributed by atoms with Crippen molar-refractivity contribution in [3.8, 4) is 22.8 Å². The van der Waals surface area contributed by atoms with Crippen LogP contribution in [0.4, 0.5) is 10.1 Å². The molecule has 0 spiro atoms. The van der Waals surface area contributed by atoms with Crippen molar-refractivity contribution >= 4 is 22.5 Å². The standard InChI is InChI=1S/C27H29FN4O3/c1-31-8-7-17-14-32(15-21(17)27(31)33)25-10-23(30-24-11-26(34-2)22(28)9-20(24)25)16-3-5-18(6-4-16)35-19-12-29-13-19/h3-6,9-11,17,19,21,29H,7-8,12-15H2,1-2H3. The normalized spacial score (nSPS) is 22.3. The van der Waals surface area contributed by atoms with E-state index in [0.717, 1.165) is 60.7 Å². The van der Waals surface area contributed by atoms with Gasteiger partial charge in [0.25, 0.3) is 0 Å². The van der Waals surface area contributed by atoms with E-state index in [9.17, 15) is 9.18 Å². The molecule has 6 rings (SSSR count). The van der Waals surface area contributed by atoms with Gasteiger partial charge in [0.05, 0.1) is 24.2 Å². The fraction of sp³-hybridized carbons (Fsp3) is 0.407. The molecule has 2 unspecified atom stereocenters. The smallest absolute Gasteiger partial charge is 0.227 e. The second-order valence-electron chi connectivity index (χ2n) is 9.77. The second kappa shape index (κ2) is 8.68. The highest BCUT2D eigenvalue weighted by Gasteiger charge is 2.42. The molecule has 1 N–H and O–H groups in total. The highest BCUT2D eigenvalue weighted by Crippen LogP contribution is 2.40. The molecule has 3 saturated heterocycles. The fourth-order valence-corrected chi connectivity index (χ4v) is 5.41. The molecule has 0 aliphatic carbocycles. The molecular weight excluding hydrogens is 447 g/mol. The number of pyridine rings is 1. The number of nitrogens with zero attached hydrogens (tertiary/aromatic N) is 3. The zero-order valence-corrected chi connectivity index (χ0v) is 20.0. The average molecular weight is 477 g/mol. The Kier molecular flexibility index (Phi) is 5.48. The Bertz CT molecular complexity index is 1280. The summed E-state index contributed by atoms with van der Waals surface area (Å²) in [5.41, 5.74) is 3.30. The quantitative estimate of drug-likeness (QED) is 0.610. The van der Waals surface area contributed by atoms with E-state index in [-0.39, 0.29) is 23.7 Å². The maximum Gasteiger partial charge on any atom is 0.227 e. The Balaban J connectivity index is 1.39. The molecule has 3 aromatic rings. The molecule has 3 fully saturated rings. The number of anilines is 1. The van der Waals surface area contributed by atoms with Gasteiger partial charge in [-0.3, -0.25) is 4.79 Å². The highest BCUT2D eigenvalue weighted by molar-refractivity contribution is 5.96. The Morgan fingerprint density at radius 1 is 1.11 bits per heavy atom. The average Bonchev–Trinajstić information content (AvgIpc) is 3.28. The first kappa shape index (κ1) is 22.1. The van der Waals surface area contributed by atoms with Crippen LogP contribution in [-0.2, 0) is 4.79 Å². The topological polar surface area (TPSA) is 66.9 Å².